The minimum atomic E-state index is -0.746. The second-order valence-electron chi connectivity index (χ2n) is 6.70. The van der Waals surface area contributed by atoms with Gasteiger partial charge in [-0.1, -0.05) is 0 Å². The van der Waals surface area contributed by atoms with Crippen LogP contribution in [0.2, 0.25) is 0 Å². The van der Waals surface area contributed by atoms with Crippen molar-refractivity contribution >= 4 is 11.9 Å². The fourth-order valence-corrected chi connectivity index (χ4v) is 3.83. The summed E-state index contributed by atoms with van der Waals surface area (Å²) in [6.07, 6.45) is 3.93. The fourth-order valence-electron chi connectivity index (χ4n) is 3.83. The van der Waals surface area contributed by atoms with Crippen molar-refractivity contribution < 1.29 is 19.1 Å². The number of furan rings is 1. The molecule has 2 saturated heterocycles. The summed E-state index contributed by atoms with van der Waals surface area (Å²) in [5, 5.41) is 9.27. The van der Waals surface area contributed by atoms with Gasteiger partial charge in [0.2, 0.25) is 0 Å². The number of amides is 1. The number of piperidine rings is 1. The van der Waals surface area contributed by atoms with Crippen LogP contribution in [0.25, 0.3) is 0 Å². The molecule has 6 nitrogen and oxygen atoms in total. The largest absolute Gasteiger partial charge is 0.480 e. The number of rotatable bonds is 2. The first-order valence-electron chi connectivity index (χ1n) is 7.68. The van der Waals surface area contributed by atoms with Crippen LogP contribution in [-0.2, 0) is 4.79 Å². The summed E-state index contributed by atoms with van der Waals surface area (Å²) in [7, 11) is 1.87. The molecule has 3 rings (SSSR count). The molecule has 2 aliphatic heterocycles. The molecule has 0 radical (unpaired) electrons. The van der Waals surface area contributed by atoms with E-state index < -0.39 is 12.0 Å². The molecule has 0 unspecified atom stereocenters. The molecule has 1 aromatic rings. The van der Waals surface area contributed by atoms with E-state index in [1.165, 1.54) is 6.26 Å². The van der Waals surface area contributed by atoms with Crippen molar-refractivity contribution in [3.63, 3.8) is 0 Å². The van der Waals surface area contributed by atoms with Crippen molar-refractivity contribution in [1.82, 2.24) is 9.80 Å². The van der Waals surface area contributed by atoms with E-state index in [2.05, 4.69) is 0 Å². The Balaban J connectivity index is 1.65. The number of aryl methyl sites for hydroxylation is 1. The number of likely N-dealkylation sites (N-methyl/N-ethyl adjacent to an activating group) is 1. The molecule has 0 saturated carbocycles. The Morgan fingerprint density at radius 3 is 2.55 bits per heavy atom. The number of carboxylic acid groups (broad SMARTS) is 1. The molecule has 0 bridgehead atoms. The van der Waals surface area contributed by atoms with Gasteiger partial charge in [0.1, 0.15) is 6.04 Å². The predicted octanol–water partition coefficient (Wildman–Crippen LogP) is 1.60. The van der Waals surface area contributed by atoms with E-state index in [1.807, 2.05) is 23.8 Å². The van der Waals surface area contributed by atoms with Crippen LogP contribution >= 0.6 is 0 Å². The summed E-state index contributed by atoms with van der Waals surface area (Å²) < 4.78 is 5.28. The average molecular weight is 306 g/mol. The zero-order valence-electron chi connectivity index (χ0n) is 13.0. The molecule has 1 N–H and O–H groups in total. The molecule has 2 aliphatic rings. The first kappa shape index (κ1) is 15.1. The molecule has 120 valence electrons. The normalized spacial score (nSPS) is 24.8. The second kappa shape index (κ2) is 5.43. The Labute approximate surface area is 129 Å². The Morgan fingerprint density at radius 1 is 1.36 bits per heavy atom. The molecular weight excluding hydrogens is 284 g/mol. The second-order valence-corrected chi connectivity index (χ2v) is 6.70. The smallest absolute Gasteiger partial charge is 0.320 e. The van der Waals surface area contributed by atoms with Gasteiger partial charge in [-0.15, -0.1) is 0 Å². The third-order valence-electron chi connectivity index (χ3n) is 5.20. The highest BCUT2D eigenvalue weighted by molar-refractivity contribution is 5.92. The van der Waals surface area contributed by atoms with Gasteiger partial charge in [-0.25, -0.2) is 0 Å². The summed E-state index contributed by atoms with van der Waals surface area (Å²) in [5.74, 6) is -0.384. The highest BCUT2D eigenvalue weighted by atomic mass is 16.4. The minimum absolute atomic E-state index is 0.0345. The summed E-state index contributed by atoms with van der Waals surface area (Å²) in [6.45, 7) is 4.00. The van der Waals surface area contributed by atoms with Crippen molar-refractivity contribution in [2.24, 2.45) is 5.41 Å². The number of carbonyl (C=O) groups is 2. The van der Waals surface area contributed by atoms with E-state index in [9.17, 15) is 14.7 Å². The van der Waals surface area contributed by atoms with Gasteiger partial charge in [0.05, 0.1) is 6.26 Å². The summed E-state index contributed by atoms with van der Waals surface area (Å²) in [6, 6.07) is 1.40. The van der Waals surface area contributed by atoms with Crippen molar-refractivity contribution in [3.05, 3.63) is 23.7 Å². The van der Waals surface area contributed by atoms with Crippen LogP contribution in [0.3, 0.4) is 0 Å². The topological polar surface area (TPSA) is 74.0 Å². The summed E-state index contributed by atoms with van der Waals surface area (Å²) in [5.41, 5.74) is 0.893. The number of nitrogens with zero attached hydrogens (tertiary/aromatic N) is 2. The fraction of sp³-hybridized carbons (Fsp3) is 0.625. The SMILES string of the molecule is Cc1ccoc1C(=O)N1CCC2(CC1)C[C@H](C(=O)O)N(C)C2. The quantitative estimate of drug-likeness (QED) is 0.898. The van der Waals surface area contributed by atoms with Gasteiger partial charge < -0.3 is 14.4 Å². The molecule has 1 spiro atoms. The summed E-state index contributed by atoms with van der Waals surface area (Å²) >= 11 is 0. The molecule has 1 aromatic heterocycles. The van der Waals surface area contributed by atoms with Crippen LogP contribution in [0.5, 0.6) is 0 Å². The van der Waals surface area contributed by atoms with Crippen LogP contribution in [-0.4, -0.2) is 59.5 Å². The van der Waals surface area contributed by atoms with Gasteiger partial charge in [0.25, 0.3) is 5.91 Å². The zero-order chi connectivity index (χ0) is 15.9. The Hall–Kier alpha value is -1.82. The molecule has 2 fully saturated rings. The molecule has 0 aliphatic carbocycles. The Kier molecular flexibility index (Phi) is 3.72. The van der Waals surface area contributed by atoms with E-state index in [0.29, 0.717) is 25.3 Å². The average Bonchev–Trinajstić information content (AvgIpc) is 3.03. The Morgan fingerprint density at radius 2 is 2.05 bits per heavy atom. The van der Waals surface area contributed by atoms with E-state index in [1.54, 1.807) is 6.07 Å². The van der Waals surface area contributed by atoms with Gasteiger partial charge in [-0.05, 0) is 44.7 Å². The molecule has 1 amide bonds. The Bertz CT molecular complexity index is 587. The minimum Gasteiger partial charge on any atom is -0.480 e. The van der Waals surface area contributed by atoms with Crippen LogP contribution in [0, 0.1) is 12.3 Å². The monoisotopic (exact) mass is 306 g/mol. The number of carbonyl (C=O) groups excluding carboxylic acids is 1. The van der Waals surface area contributed by atoms with E-state index in [4.69, 9.17) is 4.42 Å². The van der Waals surface area contributed by atoms with Crippen molar-refractivity contribution in [2.75, 3.05) is 26.7 Å². The summed E-state index contributed by atoms with van der Waals surface area (Å²) in [4.78, 5) is 27.5. The number of carboxylic acids is 1. The van der Waals surface area contributed by atoms with Crippen LogP contribution in [0.4, 0.5) is 0 Å². The van der Waals surface area contributed by atoms with Gasteiger partial charge in [-0.3, -0.25) is 14.5 Å². The van der Waals surface area contributed by atoms with Gasteiger partial charge in [0.15, 0.2) is 5.76 Å². The molecule has 0 aromatic carbocycles. The third kappa shape index (κ3) is 2.52. The molecular formula is C16H22N2O4. The zero-order valence-corrected chi connectivity index (χ0v) is 13.0. The van der Waals surface area contributed by atoms with Crippen LogP contribution < -0.4 is 0 Å². The maximum absolute atomic E-state index is 12.4. The van der Waals surface area contributed by atoms with Crippen molar-refractivity contribution in [1.29, 1.82) is 0 Å². The number of likely N-dealkylation sites (tertiary alicyclic amines) is 2. The molecule has 1 atom stereocenters. The highest BCUT2D eigenvalue weighted by Crippen LogP contribution is 2.43. The predicted molar refractivity (Wildman–Crippen MR) is 79.7 cm³/mol. The first-order valence-corrected chi connectivity index (χ1v) is 7.68. The van der Waals surface area contributed by atoms with Crippen molar-refractivity contribution in [3.8, 4) is 0 Å². The maximum Gasteiger partial charge on any atom is 0.320 e. The van der Waals surface area contributed by atoms with E-state index in [0.717, 1.165) is 24.9 Å². The van der Waals surface area contributed by atoms with Gasteiger partial charge in [0, 0.05) is 25.2 Å². The van der Waals surface area contributed by atoms with Crippen LogP contribution in [0.1, 0.15) is 35.4 Å². The number of hydrogen-bond acceptors (Lipinski definition) is 4. The maximum atomic E-state index is 12.4. The van der Waals surface area contributed by atoms with Gasteiger partial charge >= 0.3 is 5.97 Å². The number of aliphatic carboxylic acids is 1. The third-order valence-corrected chi connectivity index (χ3v) is 5.20. The highest BCUT2D eigenvalue weighted by Gasteiger charge is 2.47. The standard InChI is InChI=1S/C16H22N2O4/c1-11-3-8-22-13(11)14(19)18-6-4-16(5-7-18)9-12(15(20)21)17(2)10-16/h3,8,12H,4-7,9-10H2,1-2H3,(H,20,21)/t12-/m1/s1. The lowest BCUT2D eigenvalue weighted by Gasteiger charge is -2.39. The number of hydrogen-bond donors (Lipinski definition) is 1. The molecule has 22 heavy (non-hydrogen) atoms. The van der Waals surface area contributed by atoms with Crippen molar-refractivity contribution in [2.45, 2.75) is 32.2 Å². The molecule has 6 heteroatoms. The van der Waals surface area contributed by atoms with E-state index in [-0.39, 0.29) is 11.3 Å². The van der Waals surface area contributed by atoms with Gasteiger partial charge in [-0.2, -0.15) is 0 Å². The molecule has 3 heterocycles. The first-order chi connectivity index (χ1) is 10.4. The van der Waals surface area contributed by atoms with Crippen LogP contribution in [0.15, 0.2) is 16.7 Å². The lowest BCUT2D eigenvalue weighted by Crippen LogP contribution is -2.44. The lowest BCUT2D eigenvalue weighted by molar-refractivity contribution is -0.141. The van der Waals surface area contributed by atoms with E-state index >= 15 is 0 Å². The lowest BCUT2D eigenvalue weighted by atomic mass is 9.76.